The van der Waals surface area contributed by atoms with E-state index < -0.39 is 17.2 Å². The van der Waals surface area contributed by atoms with Crippen LogP contribution in [0, 0.1) is 29.5 Å². The van der Waals surface area contributed by atoms with Crippen LogP contribution in [0.5, 0.6) is 0 Å². The SMILES string of the molecule is [C-]#[N+]c1ccc2c(n1)c(N1CCN(C(C)c3ccc(F)c(F)c3)[C@H](C)C1)c(C#N)c(=O)n2C. The molecule has 0 radical (unpaired) electrons. The highest BCUT2D eigenvalue weighted by Crippen LogP contribution is 2.33. The Hall–Kier alpha value is -3.82. The third-order valence-electron chi connectivity index (χ3n) is 6.35. The van der Waals surface area contributed by atoms with E-state index in [2.05, 4.69) is 14.7 Å². The first-order chi connectivity index (χ1) is 15.8. The number of benzene rings is 1. The molecule has 7 nitrogen and oxygen atoms in total. The quantitative estimate of drug-likeness (QED) is 0.569. The van der Waals surface area contributed by atoms with E-state index in [0.29, 0.717) is 41.9 Å². The molecular formula is C24H22F2N6O. The molecular weight excluding hydrogens is 426 g/mol. The van der Waals surface area contributed by atoms with Crippen LogP contribution in [0.1, 0.15) is 31.0 Å². The highest BCUT2D eigenvalue weighted by molar-refractivity contribution is 5.92. The van der Waals surface area contributed by atoms with Crippen molar-refractivity contribution in [2.24, 2.45) is 7.05 Å². The van der Waals surface area contributed by atoms with Crippen molar-refractivity contribution in [1.82, 2.24) is 14.5 Å². The summed E-state index contributed by atoms with van der Waals surface area (Å²) in [6, 6.07) is 9.02. The largest absolute Gasteiger partial charge is 0.364 e. The summed E-state index contributed by atoms with van der Waals surface area (Å²) >= 11 is 0. The van der Waals surface area contributed by atoms with Gasteiger partial charge >= 0.3 is 0 Å². The topological polar surface area (TPSA) is 69.5 Å². The number of nitriles is 1. The van der Waals surface area contributed by atoms with Gasteiger partial charge in [0, 0.05) is 38.8 Å². The number of hydrogen-bond acceptors (Lipinski definition) is 5. The van der Waals surface area contributed by atoms with Gasteiger partial charge in [0.1, 0.15) is 17.3 Å². The Bertz CT molecular complexity index is 1390. The molecule has 3 heterocycles. The average Bonchev–Trinajstić information content (AvgIpc) is 2.82. The lowest BCUT2D eigenvalue weighted by molar-refractivity contribution is 0.138. The summed E-state index contributed by atoms with van der Waals surface area (Å²) in [7, 11) is 1.58. The number of rotatable bonds is 3. The molecule has 1 aliphatic heterocycles. The van der Waals surface area contributed by atoms with E-state index in [0.717, 1.165) is 6.07 Å². The second kappa shape index (κ2) is 8.61. The Kier molecular flexibility index (Phi) is 5.84. The van der Waals surface area contributed by atoms with Crippen molar-refractivity contribution in [1.29, 1.82) is 5.26 Å². The second-order valence-electron chi connectivity index (χ2n) is 8.23. The number of halogens is 2. The Morgan fingerprint density at radius 1 is 1.24 bits per heavy atom. The number of pyridine rings is 2. The van der Waals surface area contributed by atoms with Crippen LogP contribution in [-0.4, -0.2) is 40.1 Å². The van der Waals surface area contributed by atoms with Gasteiger partial charge in [-0.25, -0.2) is 8.78 Å². The van der Waals surface area contributed by atoms with Gasteiger partial charge in [0.15, 0.2) is 11.6 Å². The Balaban J connectivity index is 1.72. The van der Waals surface area contributed by atoms with Crippen molar-refractivity contribution in [3.05, 3.63) is 74.9 Å². The molecule has 33 heavy (non-hydrogen) atoms. The summed E-state index contributed by atoms with van der Waals surface area (Å²) in [5.41, 5.74) is 1.68. The smallest absolute Gasteiger partial charge is 0.271 e. The third-order valence-corrected chi connectivity index (χ3v) is 6.35. The molecule has 1 saturated heterocycles. The number of hydrogen-bond donors (Lipinski definition) is 0. The second-order valence-corrected chi connectivity index (χ2v) is 8.23. The highest BCUT2D eigenvalue weighted by Gasteiger charge is 2.32. The van der Waals surface area contributed by atoms with E-state index in [9.17, 15) is 18.8 Å². The molecule has 1 aromatic carbocycles. The molecule has 3 aromatic rings. The fraction of sp³-hybridized carbons (Fsp3) is 0.333. The number of aromatic nitrogens is 2. The number of aryl methyl sites for hydroxylation is 1. The molecule has 0 spiro atoms. The van der Waals surface area contributed by atoms with E-state index >= 15 is 0 Å². The lowest BCUT2D eigenvalue weighted by Crippen LogP contribution is -2.53. The summed E-state index contributed by atoms with van der Waals surface area (Å²) in [4.78, 5) is 24.8. The van der Waals surface area contributed by atoms with E-state index in [4.69, 9.17) is 6.57 Å². The minimum absolute atomic E-state index is 0.00562. The van der Waals surface area contributed by atoms with E-state index in [1.165, 1.54) is 10.6 Å². The Labute approximate surface area is 189 Å². The van der Waals surface area contributed by atoms with E-state index in [1.54, 1.807) is 25.2 Å². The minimum atomic E-state index is -0.878. The lowest BCUT2D eigenvalue weighted by Gasteiger charge is -2.44. The van der Waals surface area contributed by atoms with Gasteiger partial charge in [-0.3, -0.25) is 9.69 Å². The van der Waals surface area contributed by atoms with Gasteiger partial charge < -0.3 is 14.3 Å². The molecule has 1 fully saturated rings. The van der Waals surface area contributed by atoms with Crippen LogP contribution >= 0.6 is 0 Å². The highest BCUT2D eigenvalue weighted by atomic mass is 19.2. The molecule has 4 rings (SSSR count). The molecule has 2 atom stereocenters. The van der Waals surface area contributed by atoms with Crippen molar-refractivity contribution >= 4 is 22.5 Å². The maximum Gasteiger partial charge on any atom is 0.271 e. The number of nitrogens with zero attached hydrogens (tertiary/aromatic N) is 6. The van der Waals surface area contributed by atoms with Crippen LogP contribution in [0.25, 0.3) is 15.9 Å². The van der Waals surface area contributed by atoms with E-state index in [1.807, 2.05) is 24.8 Å². The summed E-state index contributed by atoms with van der Waals surface area (Å²) in [5, 5.41) is 9.79. The lowest BCUT2D eigenvalue weighted by atomic mass is 10.0. The molecule has 1 aliphatic rings. The van der Waals surface area contributed by atoms with Crippen LogP contribution in [0.2, 0.25) is 0 Å². The maximum atomic E-state index is 13.8. The fourth-order valence-corrected chi connectivity index (χ4v) is 4.57. The van der Waals surface area contributed by atoms with Crippen LogP contribution in [0.3, 0.4) is 0 Å². The van der Waals surface area contributed by atoms with Gasteiger partial charge in [-0.1, -0.05) is 12.6 Å². The molecule has 0 amide bonds. The molecule has 2 aromatic heterocycles. The standard InChI is InChI=1S/C24H22F2N6O/c1-14-13-31(9-10-32(14)15(2)16-5-6-18(25)19(26)11-16)23-17(12-27)24(33)30(4)20-7-8-21(28-3)29-22(20)23/h5-8,11,14-15H,9-10,13H2,1-2,4H3/t14-,15?/m1/s1. The van der Waals surface area contributed by atoms with Crippen LogP contribution in [0.15, 0.2) is 35.1 Å². The number of piperazine rings is 1. The van der Waals surface area contributed by atoms with Crippen LogP contribution in [-0.2, 0) is 7.05 Å². The first-order valence-electron chi connectivity index (χ1n) is 10.5. The first-order valence-corrected chi connectivity index (χ1v) is 10.5. The van der Waals surface area contributed by atoms with Gasteiger partial charge in [0.05, 0.1) is 5.52 Å². The molecule has 1 unspecified atom stereocenters. The predicted molar refractivity (Wildman–Crippen MR) is 121 cm³/mol. The number of fused-ring (bicyclic) bond motifs is 1. The maximum absolute atomic E-state index is 13.8. The molecule has 0 N–H and O–H groups in total. The van der Waals surface area contributed by atoms with Gasteiger partial charge in [-0.05, 0) is 43.7 Å². The van der Waals surface area contributed by atoms with Crippen LogP contribution in [0.4, 0.5) is 20.3 Å². The third kappa shape index (κ3) is 3.81. The van der Waals surface area contributed by atoms with Crippen molar-refractivity contribution in [2.45, 2.75) is 25.9 Å². The zero-order valence-electron chi connectivity index (χ0n) is 18.5. The summed E-state index contributed by atoms with van der Waals surface area (Å²) in [6.45, 7) is 12.8. The predicted octanol–water partition coefficient (Wildman–Crippen LogP) is 3.91. The number of anilines is 1. The zero-order chi connectivity index (χ0) is 23.9. The molecule has 168 valence electrons. The van der Waals surface area contributed by atoms with E-state index in [-0.39, 0.29) is 23.5 Å². The minimum Gasteiger partial charge on any atom is -0.364 e. The molecule has 0 bridgehead atoms. The Morgan fingerprint density at radius 2 is 2.00 bits per heavy atom. The first kappa shape index (κ1) is 22.4. The van der Waals surface area contributed by atoms with Gasteiger partial charge in [-0.2, -0.15) is 5.26 Å². The summed E-state index contributed by atoms with van der Waals surface area (Å²) in [5.74, 6) is -1.57. The average molecular weight is 448 g/mol. The normalized spacial score (nSPS) is 17.5. The van der Waals surface area contributed by atoms with Crippen LogP contribution < -0.4 is 10.5 Å². The molecule has 0 aliphatic carbocycles. The van der Waals surface area contributed by atoms with Gasteiger partial charge in [0.2, 0.25) is 5.52 Å². The summed E-state index contributed by atoms with van der Waals surface area (Å²) in [6.07, 6.45) is 0. The molecule has 0 saturated carbocycles. The van der Waals surface area contributed by atoms with Crippen molar-refractivity contribution in [3.8, 4) is 6.07 Å². The Morgan fingerprint density at radius 3 is 2.64 bits per heavy atom. The summed E-state index contributed by atoms with van der Waals surface area (Å²) < 4.78 is 28.5. The molecule has 9 heteroatoms. The van der Waals surface area contributed by atoms with Crippen molar-refractivity contribution in [2.75, 3.05) is 24.5 Å². The monoisotopic (exact) mass is 448 g/mol. The fourth-order valence-electron chi connectivity index (χ4n) is 4.57. The van der Waals surface area contributed by atoms with Crippen molar-refractivity contribution in [3.63, 3.8) is 0 Å². The zero-order valence-corrected chi connectivity index (χ0v) is 18.5. The van der Waals surface area contributed by atoms with Gasteiger partial charge in [-0.15, -0.1) is 4.98 Å². The van der Waals surface area contributed by atoms with Gasteiger partial charge in [0.25, 0.3) is 11.4 Å². The van der Waals surface area contributed by atoms with Crippen molar-refractivity contribution < 1.29 is 8.78 Å².